The molecule has 8 heteroatoms. The fraction of sp³-hybridized carbons (Fsp3) is 0.261. The van der Waals surface area contributed by atoms with Gasteiger partial charge in [-0.25, -0.2) is 17.5 Å². The Bertz CT molecular complexity index is 1090. The van der Waals surface area contributed by atoms with Crippen molar-refractivity contribution >= 4 is 15.7 Å². The number of hydrogen-bond acceptors (Lipinski definition) is 5. The van der Waals surface area contributed by atoms with Crippen LogP contribution in [0.5, 0.6) is 0 Å². The summed E-state index contributed by atoms with van der Waals surface area (Å²) >= 11 is 0. The van der Waals surface area contributed by atoms with Crippen LogP contribution in [-0.2, 0) is 10.0 Å². The highest BCUT2D eigenvalue weighted by molar-refractivity contribution is 7.89. The minimum atomic E-state index is -3.62. The van der Waals surface area contributed by atoms with E-state index in [1.807, 2.05) is 23.1 Å². The Morgan fingerprint density at radius 2 is 1.65 bits per heavy atom. The summed E-state index contributed by atoms with van der Waals surface area (Å²) in [5.74, 6) is -0.226. The molecule has 162 valence electrons. The zero-order valence-electron chi connectivity index (χ0n) is 17.1. The standard InChI is InChI=1S/C23H25FN4O2S/c24-21-10-4-5-11-22(21)27-13-15-28(16-14-27)23(19-7-6-12-25-17-19)18-26-31(29,30)20-8-2-1-3-9-20/h1-12,17,23,26H,13-16,18H2. The highest BCUT2D eigenvalue weighted by Gasteiger charge is 2.27. The summed E-state index contributed by atoms with van der Waals surface area (Å²) in [6.45, 7) is 2.90. The van der Waals surface area contributed by atoms with Gasteiger partial charge in [-0.1, -0.05) is 36.4 Å². The van der Waals surface area contributed by atoms with Crippen LogP contribution >= 0.6 is 0 Å². The van der Waals surface area contributed by atoms with Crippen molar-refractivity contribution in [2.45, 2.75) is 10.9 Å². The van der Waals surface area contributed by atoms with E-state index in [4.69, 9.17) is 0 Å². The number of aromatic nitrogens is 1. The average molecular weight is 441 g/mol. The largest absolute Gasteiger partial charge is 0.367 e. The zero-order chi connectivity index (χ0) is 21.7. The Morgan fingerprint density at radius 3 is 2.32 bits per heavy atom. The number of pyridine rings is 1. The van der Waals surface area contributed by atoms with Crippen molar-refractivity contribution in [1.82, 2.24) is 14.6 Å². The lowest BCUT2D eigenvalue weighted by Gasteiger charge is -2.40. The molecule has 1 saturated heterocycles. The Morgan fingerprint density at radius 1 is 0.935 bits per heavy atom. The third-order valence-corrected chi connectivity index (χ3v) is 6.98. The van der Waals surface area contributed by atoms with Gasteiger partial charge in [0.1, 0.15) is 5.82 Å². The lowest BCUT2D eigenvalue weighted by Crippen LogP contribution is -2.50. The zero-order valence-corrected chi connectivity index (χ0v) is 17.9. The second-order valence-corrected chi connectivity index (χ2v) is 9.21. The summed E-state index contributed by atoms with van der Waals surface area (Å²) in [6.07, 6.45) is 3.47. The summed E-state index contributed by atoms with van der Waals surface area (Å²) in [7, 11) is -3.62. The van der Waals surface area contributed by atoms with Gasteiger partial charge in [-0.15, -0.1) is 0 Å². The van der Waals surface area contributed by atoms with Gasteiger partial charge in [-0.2, -0.15) is 0 Å². The van der Waals surface area contributed by atoms with Gasteiger partial charge in [-0.3, -0.25) is 9.88 Å². The molecule has 0 spiro atoms. The first-order chi connectivity index (χ1) is 15.0. The molecule has 1 aliphatic rings. The first-order valence-electron chi connectivity index (χ1n) is 10.2. The Balaban J connectivity index is 1.48. The maximum absolute atomic E-state index is 14.2. The molecule has 1 unspecified atom stereocenters. The molecule has 1 N–H and O–H groups in total. The summed E-state index contributed by atoms with van der Waals surface area (Å²) in [6, 6.07) is 18.8. The number of hydrogen-bond donors (Lipinski definition) is 1. The van der Waals surface area contributed by atoms with E-state index in [1.165, 1.54) is 6.07 Å². The molecule has 0 aliphatic carbocycles. The summed E-state index contributed by atoms with van der Waals surface area (Å²) in [5.41, 5.74) is 1.54. The minimum Gasteiger partial charge on any atom is -0.367 e. The molecule has 4 rings (SSSR count). The molecular weight excluding hydrogens is 415 g/mol. The minimum absolute atomic E-state index is 0.171. The van der Waals surface area contributed by atoms with Crippen molar-refractivity contribution in [1.29, 1.82) is 0 Å². The summed E-state index contributed by atoms with van der Waals surface area (Å²) < 4.78 is 42.4. The molecule has 1 atom stereocenters. The maximum Gasteiger partial charge on any atom is 0.240 e. The number of rotatable bonds is 7. The maximum atomic E-state index is 14.2. The first kappa shape index (κ1) is 21.4. The topological polar surface area (TPSA) is 65.5 Å². The quantitative estimate of drug-likeness (QED) is 0.612. The van der Waals surface area contributed by atoms with Crippen LogP contribution in [0.4, 0.5) is 10.1 Å². The van der Waals surface area contributed by atoms with Crippen LogP contribution in [0.3, 0.4) is 0 Å². The van der Waals surface area contributed by atoms with Crippen molar-refractivity contribution in [2.24, 2.45) is 0 Å². The van der Waals surface area contributed by atoms with Crippen LogP contribution in [0.25, 0.3) is 0 Å². The van der Waals surface area contributed by atoms with E-state index in [0.29, 0.717) is 31.9 Å². The monoisotopic (exact) mass is 440 g/mol. The number of nitrogens with zero attached hydrogens (tertiary/aromatic N) is 3. The molecule has 2 aromatic carbocycles. The lowest BCUT2D eigenvalue weighted by molar-refractivity contribution is 0.186. The molecule has 31 heavy (non-hydrogen) atoms. The Labute approximate surface area is 182 Å². The second kappa shape index (κ2) is 9.55. The van der Waals surface area contributed by atoms with Crippen LogP contribution in [0.2, 0.25) is 0 Å². The summed E-state index contributed by atoms with van der Waals surface area (Å²) in [5, 5.41) is 0. The van der Waals surface area contributed by atoms with Crippen LogP contribution in [0, 0.1) is 5.82 Å². The molecule has 1 fully saturated rings. The Hall–Kier alpha value is -2.81. The molecule has 0 amide bonds. The van der Waals surface area contributed by atoms with E-state index in [1.54, 1.807) is 54.9 Å². The van der Waals surface area contributed by atoms with Crippen LogP contribution in [-0.4, -0.2) is 51.0 Å². The van der Waals surface area contributed by atoms with Crippen LogP contribution in [0.15, 0.2) is 84.0 Å². The molecule has 0 bridgehead atoms. The third-order valence-electron chi connectivity index (χ3n) is 5.54. The van der Waals surface area contributed by atoms with Gasteiger partial charge in [0.05, 0.1) is 16.6 Å². The molecule has 6 nitrogen and oxygen atoms in total. The number of benzene rings is 2. The van der Waals surface area contributed by atoms with Crippen molar-refractivity contribution in [3.8, 4) is 0 Å². The van der Waals surface area contributed by atoms with E-state index in [0.717, 1.165) is 5.56 Å². The van der Waals surface area contributed by atoms with Crippen molar-refractivity contribution in [2.75, 3.05) is 37.6 Å². The number of piperazine rings is 1. The fourth-order valence-electron chi connectivity index (χ4n) is 3.89. The molecule has 2 heterocycles. The normalized spacial score (nSPS) is 16.2. The van der Waals surface area contributed by atoms with Gasteiger partial charge < -0.3 is 4.90 Å². The molecule has 3 aromatic rings. The first-order valence-corrected chi connectivity index (χ1v) is 11.7. The highest BCUT2D eigenvalue weighted by atomic mass is 32.2. The molecule has 0 radical (unpaired) electrons. The van der Waals surface area contributed by atoms with E-state index >= 15 is 0 Å². The van der Waals surface area contributed by atoms with Gasteiger partial charge in [-0.05, 0) is 35.9 Å². The van der Waals surface area contributed by atoms with Gasteiger partial charge in [0, 0.05) is 45.1 Å². The second-order valence-electron chi connectivity index (χ2n) is 7.44. The van der Waals surface area contributed by atoms with Crippen molar-refractivity contribution < 1.29 is 12.8 Å². The van der Waals surface area contributed by atoms with Gasteiger partial charge in [0.25, 0.3) is 0 Å². The molecular formula is C23H25FN4O2S. The average Bonchev–Trinajstić information content (AvgIpc) is 2.81. The number of para-hydroxylation sites is 1. The van der Waals surface area contributed by atoms with Crippen molar-refractivity contribution in [3.05, 3.63) is 90.5 Å². The summed E-state index contributed by atoms with van der Waals surface area (Å²) in [4.78, 5) is 8.71. The van der Waals surface area contributed by atoms with E-state index < -0.39 is 10.0 Å². The number of halogens is 1. The fourth-order valence-corrected chi connectivity index (χ4v) is 4.94. The predicted octanol–water partition coefficient (Wildman–Crippen LogP) is 3.06. The third kappa shape index (κ3) is 5.10. The van der Waals surface area contributed by atoms with E-state index in [9.17, 15) is 12.8 Å². The smallest absolute Gasteiger partial charge is 0.240 e. The predicted molar refractivity (Wildman–Crippen MR) is 119 cm³/mol. The van der Waals surface area contributed by atoms with Crippen LogP contribution < -0.4 is 9.62 Å². The molecule has 1 aliphatic heterocycles. The molecule has 1 aromatic heterocycles. The van der Waals surface area contributed by atoms with Gasteiger partial charge >= 0.3 is 0 Å². The van der Waals surface area contributed by atoms with E-state index in [2.05, 4.69) is 14.6 Å². The highest BCUT2D eigenvalue weighted by Crippen LogP contribution is 2.25. The van der Waals surface area contributed by atoms with Crippen LogP contribution in [0.1, 0.15) is 11.6 Å². The lowest BCUT2D eigenvalue weighted by atomic mass is 10.1. The van der Waals surface area contributed by atoms with Crippen molar-refractivity contribution in [3.63, 3.8) is 0 Å². The number of anilines is 1. The molecule has 0 saturated carbocycles. The Kier molecular flexibility index (Phi) is 6.60. The SMILES string of the molecule is O=S(=O)(NCC(c1cccnc1)N1CCN(c2ccccc2F)CC1)c1ccccc1. The van der Waals surface area contributed by atoms with Gasteiger partial charge in [0.2, 0.25) is 10.0 Å². The number of sulfonamides is 1. The number of nitrogens with one attached hydrogen (secondary N) is 1. The van der Waals surface area contributed by atoms with Gasteiger partial charge in [0.15, 0.2) is 0 Å². The van der Waals surface area contributed by atoms with E-state index in [-0.39, 0.29) is 23.3 Å².